The fraction of sp³-hybridized carbons (Fsp3) is 0.333. The molecule has 0 aliphatic rings. The van der Waals surface area contributed by atoms with Gasteiger partial charge in [0, 0.05) is 9.75 Å². The number of rotatable bonds is 2. The monoisotopic (exact) mass is 152 g/mol. The van der Waals surface area contributed by atoms with E-state index in [4.69, 9.17) is 0 Å². The maximum absolute atomic E-state index is 2.19. The highest BCUT2D eigenvalue weighted by Gasteiger charge is 1.92. The van der Waals surface area contributed by atoms with Crippen molar-refractivity contribution in [3.8, 4) is 0 Å². The second-order valence-corrected chi connectivity index (χ2v) is 3.36. The zero-order valence-corrected chi connectivity index (χ0v) is 7.24. The Labute approximate surface area is 66.2 Å². The SMILES string of the molecule is C/C=C/c1ccc(CC)s1. The smallest absolute Gasteiger partial charge is 0.0269 e. The first-order valence-corrected chi connectivity index (χ1v) is 4.40. The Balaban J connectivity index is 2.78. The molecule has 0 aliphatic carbocycles. The second kappa shape index (κ2) is 3.57. The second-order valence-electron chi connectivity index (χ2n) is 2.16. The first kappa shape index (κ1) is 7.55. The maximum Gasteiger partial charge on any atom is 0.0269 e. The summed E-state index contributed by atoms with van der Waals surface area (Å²) in [6.07, 6.45) is 5.37. The van der Waals surface area contributed by atoms with Gasteiger partial charge in [0.1, 0.15) is 0 Å². The van der Waals surface area contributed by atoms with Crippen LogP contribution in [-0.4, -0.2) is 0 Å². The lowest BCUT2D eigenvalue weighted by molar-refractivity contribution is 1.19. The highest BCUT2D eigenvalue weighted by molar-refractivity contribution is 7.12. The predicted molar refractivity (Wildman–Crippen MR) is 48.4 cm³/mol. The third-order valence-corrected chi connectivity index (χ3v) is 2.56. The summed E-state index contributed by atoms with van der Waals surface area (Å²) in [4.78, 5) is 2.83. The Morgan fingerprint density at radius 3 is 2.80 bits per heavy atom. The van der Waals surface area contributed by atoms with Crippen molar-refractivity contribution in [1.29, 1.82) is 0 Å². The molecule has 0 N–H and O–H groups in total. The van der Waals surface area contributed by atoms with Crippen LogP contribution in [0.1, 0.15) is 23.6 Å². The minimum absolute atomic E-state index is 1.15. The summed E-state index contributed by atoms with van der Waals surface area (Å²) in [5.41, 5.74) is 0. The number of hydrogen-bond acceptors (Lipinski definition) is 1. The minimum atomic E-state index is 1.15. The van der Waals surface area contributed by atoms with Gasteiger partial charge in [-0.1, -0.05) is 13.0 Å². The van der Waals surface area contributed by atoms with Gasteiger partial charge in [-0.05, 0) is 31.6 Å². The lowest BCUT2D eigenvalue weighted by Crippen LogP contribution is -1.63. The van der Waals surface area contributed by atoms with Crippen molar-refractivity contribution in [3.63, 3.8) is 0 Å². The summed E-state index contributed by atoms with van der Waals surface area (Å²) >= 11 is 1.87. The van der Waals surface area contributed by atoms with Crippen molar-refractivity contribution >= 4 is 17.4 Å². The molecule has 1 aromatic rings. The van der Waals surface area contributed by atoms with Crippen molar-refractivity contribution in [2.45, 2.75) is 20.3 Å². The van der Waals surface area contributed by atoms with E-state index in [9.17, 15) is 0 Å². The molecule has 1 heterocycles. The number of thiophene rings is 1. The molecule has 1 heteroatoms. The molecule has 0 aromatic carbocycles. The largest absolute Gasteiger partial charge is 0.141 e. The zero-order chi connectivity index (χ0) is 7.40. The van der Waals surface area contributed by atoms with E-state index < -0.39 is 0 Å². The molecule has 0 radical (unpaired) electrons. The molecule has 10 heavy (non-hydrogen) atoms. The molecule has 54 valence electrons. The molecule has 0 nitrogen and oxygen atoms in total. The maximum atomic E-state index is 2.19. The van der Waals surface area contributed by atoms with Gasteiger partial charge in [-0.3, -0.25) is 0 Å². The lowest BCUT2D eigenvalue weighted by Gasteiger charge is -1.82. The molecule has 1 rings (SSSR count). The van der Waals surface area contributed by atoms with Gasteiger partial charge in [0.05, 0.1) is 0 Å². The normalized spacial score (nSPS) is 11.0. The van der Waals surface area contributed by atoms with E-state index in [1.165, 1.54) is 9.75 Å². The van der Waals surface area contributed by atoms with Crippen molar-refractivity contribution in [1.82, 2.24) is 0 Å². The Kier molecular flexibility index (Phi) is 2.69. The molecule has 0 spiro atoms. The van der Waals surface area contributed by atoms with E-state index in [0.29, 0.717) is 0 Å². The van der Waals surface area contributed by atoms with Crippen LogP contribution in [0.4, 0.5) is 0 Å². The van der Waals surface area contributed by atoms with Gasteiger partial charge in [0.15, 0.2) is 0 Å². The zero-order valence-electron chi connectivity index (χ0n) is 6.42. The molecule has 0 fully saturated rings. The van der Waals surface area contributed by atoms with Crippen LogP contribution in [-0.2, 0) is 6.42 Å². The summed E-state index contributed by atoms with van der Waals surface area (Å²) in [5.74, 6) is 0. The van der Waals surface area contributed by atoms with E-state index in [-0.39, 0.29) is 0 Å². The molecule has 0 amide bonds. The predicted octanol–water partition coefficient (Wildman–Crippen LogP) is 3.34. The van der Waals surface area contributed by atoms with E-state index in [1.54, 1.807) is 0 Å². The summed E-state index contributed by atoms with van der Waals surface area (Å²) in [6.45, 7) is 4.23. The van der Waals surface area contributed by atoms with Gasteiger partial charge in [-0.15, -0.1) is 11.3 Å². The van der Waals surface area contributed by atoms with Crippen LogP contribution >= 0.6 is 11.3 Å². The molecular weight excluding hydrogens is 140 g/mol. The van der Waals surface area contributed by atoms with E-state index in [2.05, 4.69) is 31.2 Å². The first-order chi connectivity index (χ1) is 4.86. The van der Waals surface area contributed by atoms with Gasteiger partial charge in [0.25, 0.3) is 0 Å². The van der Waals surface area contributed by atoms with E-state index >= 15 is 0 Å². The van der Waals surface area contributed by atoms with Crippen LogP contribution in [0.25, 0.3) is 6.08 Å². The quantitative estimate of drug-likeness (QED) is 0.609. The summed E-state index contributed by atoms with van der Waals surface area (Å²) in [7, 11) is 0. The van der Waals surface area contributed by atoms with Crippen molar-refractivity contribution in [2.75, 3.05) is 0 Å². The summed E-state index contributed by atoms with van der Waals surface area (Å²) in [5, 5.41) is 0. The van der Waals surface area contributed by atoms with Gasteiger partial charge in [0.2, 0.25) is 0 Å². The van der Waals surface area contributed by atoms with Gasteiger partial charge in [-0.25, -0.2) is 0 Å². The first-order valence-electron chi connectivity index (χ1n) is 3.58. The fourth-order valence-corrected chi connectivity index (χ4v) is 1.76. The molecule has 0 saturated carbocycles. The van der Waals surface area contributed by atoms with Crippen LogP contribution < -0.4 is 0 Å². The third-order valence-electron chi connectivity index (χ3n) is 1.36. The van der Waals surface area contributed by atoms with Crippen molar-refractivity contribution in [3.05, 3.63) is 28.0 Å². The number of aryl methyl sites for hydroxylation is 1. The Hall–Kier alpha value is -0.560. The number of allylic oxidation sites excluding steroid dienone is 1. The number of hydrogen-bond donors (Lipinski definition) is 0. The minimum Gasteiger partial charge on any atom is -0.141 e. The van der Waals surface area contributed by atoms with Crippen LogP contribution in [0.15, 0.2) is 18.2 Å². The summed E-state index contributed by atoms with van der Waals surface area (Å²) < 4.78 is 0. The van der Waals surface area contributed by atoms with Crippen LogP contribution in [0, 0.1) is 0 Å². The molecule has 0 unspecified atom stereocenters. The highest BCUT2D eigenvalue weighted by Crippen LogP contribution is 2.17. The Morgan fingerprint density at radius 2 is 2.30 bits per heavy atom. The standard InChI is InChI=1S/C9H12S/c1-3-5-9-7-6-8(4-2)10-9/h3,5-7H,4H2,1-2H3/b5-3+. The van der Waals surface area contributed by atoms with Crippen LogP contribution in [0.5, 0.6) is 0 Å². The average Bonchev–Trinajstić information content (AvgIpc) is 2.37. The molecule has 0 aliphatic heterocycles. The molecule has 0 saturated heterocycles. The average molecular weight is 152 g/mol. The van der Waals surface area contributed by atoms with Crippen LogP contribution in [0.3, 0.4) is 0 Å². The highest BCUT2D eigenvalue weighted by atomic mass is 32.1. The lowest BCUT2D eigenvalue weighted by atomic mass is 10.3. The van der Waals surface area contributed by atoms with Gasteiger partial charge >= 0.3 is 0 Å². The van der Waals surface area contributed by atoms with E-state index in [1.807, 2.05) is 18.3 Å². The van der Waals surface area contributed by atoms with Gasteiger partial charge in [-0.2, -0.15) is 0 Å². The van der Waals surface area contributed by atoms with Crippen LogP contribution in [0.2, 0.25) is 0 Å². The fourth-order valence-electron chi connectivity index (χ4n) is 0.838. The van der Waals surface area contributed by atoms with E-state index in [0.717, 1.165) is 6.42 Å². The molecule has 0 atom stereocenters. The molecule has 0 bridgehead atoms. The summed E-state index contributed by atoms with van der Waals surface area (Å²) in [6, 6.07) is 4.36. The topological polar surface area (TPSA) is 0 Å². The third kappa shape index (κ3) is 1.71. The van der Waals surface area contributed by atoms with Gasteiger partial charge < -0.3 is 0 Å². The Bertz CT molecular complexity index is 220. The Morgan fingerprint density at radius 1 is 1.50 bits per heavy atom. The molecular formula is C9H12S. The van der Waals surface area contributed by atoms with Crippen molar-refractivity contribution in [2.24, 2.45) is 0 Å². The molecule has 1 aromatic heterocycles. The van der Waals surface area contributed by atoms with Crippen molar-refractivity contribution < 1.29 is 0 Å².